The maximum absolute atomic E-state index is 5.70. The quantitative estimate of drug-likeness (QED) is 0.780. The maximum Gasteiger partial charge on any atom is 0.136 e. The lowest BCUT2D eigenvalue weighted by Gasteiger charge is -2.29. The van der Waals surface area contributed by atoms with Crippen molar-refractivity contribution in [3.63, 3.8) is 0 Å². The molecule has 104 valence electrons. The van der Waals surface area contributed by atoms with Crippen LogP contribution >= 0.6 is 12.2 Å². The van der Waals surface area contributed by atoms with Crippen LogP contribution in [0.5, 0.6) is 0 Å². The highest BCUT2D eigenvalue weighted by Crippen LogP contribution is 2.13. The van der Waals surface area contributed by atoms with Gasteiger partial charge in [-0.2, -0.15) is 0 Å². The Bertz CT molecular complexity index is 434. The molecular formula is C13H20N4OS. The third-order valence-electron chi connectivity index (χ3n) is 3.09. The number of rotatable bonds is 5. The molecule has 1 atom stereocenters. The van der Waals surface area contributed by atoms with Gasteiger partial charge in [0.2, 0.25) is 0 Å². The average molecular weight is 280 g/mol. The van der Waals surface area contributed by atoms with Crippen LogP contribution in [0.2, 0.25) is 0 Å². The number of anilines is 1. The Morgan fingerprint density at radius 1 is 1.58 bits per heavy atom. The molecule has 1 aliphatic heterocycles. The molecule has 1 aromatic rings. The number of nitrogens with two attached hydrogens (primary N) is 1. The molecule has 1 unspecified atom stereocenters. The number of thiocarbonyl (C=S) groups is 1. The molecule has 0 radical (unpaired) electrons. The van der Waals surface area contributed by atoms with E-state index in [1.807, 2.05) is 12.1 Å². The van der Waals surface area contributed by atoms with Gasteiger partial charge in [0, 0.05) is 31.9 Å². The van der Waals surface area contributed by atoms with E-state index in [1.165, 1.54) is 0 Å². The zero-order chi connectivity index (χ0) is 13.7. The minimum absolute atomic E-state index is 0.279. The summed E-state index contributed by atoms with van der Waals surface area (Å²) in [5.41, 5.74) is 6.50. The first-order valence-corrected chi connectivity index (χ1v) is 6.89. The Kier molecular flexibility index (Phi) is 5.07. The van der Waals surface area contributed by atoms with Crippen LogP contribution in [0.1, 0.15) is 12.5 Å². The van der Waals surface area contributed by atoms with E-state index in [1.54, 1.807) is 6.20 Å². The van der Waals surface area contributed by atoms with Gasteiger partial charge in [0.1, 0.15) is 10.8 Å². The molecule has 5 nitrogen and oxygen atoms in total. The van der Waals surface area contributed by atoms with Gasteiger partial charge in [0.15, 0.2) is 0 Å². The van der Waals surface area contributed by atoms with Gasteiger partial charge in [-0.3, -0.25) is 4.90 Å². The standard InChI is InChI=1S/C13H20N4OS/c1-10(9-17-5-7-18-8-6-17)16-13-11(12(14)19)3-2-4-15-13/h2-4,10H,5-9H2,1H3,(H2,14,19)(H,15,16). The molecule has 0 bridgehead atoms. The zero-order valence-electron chi connectivity index (χ0n) is 11.1. The summed E-state index contributed by atoms with van der Waals surface area (Å²) in [7, 11) is 0. The Hall–Kier alpha value is -1.24. The molecule has 1 aromatic heterocycles. The van der Waals surface area contributed by atoms with E-state index in [0.29, 0.717) is 4.99 Å². The molecule has 3 N–H and O–H groups in total. The molecule has 1 saturated heterocycles. The first-order valence-electron chi connectivity index (χ1n) is 6.48. The van der Waals surface area contributed by atoms with Crippen LogP contribution < -0.4 is 11.1 Å². The lowest BCUT2D eigenvalue weighted by atomic mass is 10.2. The summed E-state index contributed by atoms with van der Waals surface area (Å²) in [5, 5.41) is 3.38. The van der Waals surface area contributed by atoms with E-state index in [0.717, 1.165) is 44.2 Å². The molecule has 0 saturated carbocycles. The number of nitrogens with zero attached hydrogens (tertiary/aromatic N) is 2. The molecule has 6 heteroatoms. The molecule has 0 amide bonds. The Morgan fingerprint density at radius 2 is 2.32 bits per heavy atom. The molecule has 2 rings (SSSR count). The third-order valence-corrected chi connectivity index (χ3v) is 3.31. The molecule has 0 spiro atoms. The highest BCUT2D eigenvalue weighted by atomic mass is 32.1. The van der Waals surface area contributed by atoms with Crippen LogP contribution in [-0.4, -0.2) is 53.8 Å². The second kappa shape index (κ2) is 6.79. The summed E-state index contributed by atoms with van der Waals surface area (Å²) in [4.78, 5) is 7.06. The van der Waals surface area contributed by atoms with E-state index < -0.39 is 0 Å². The van der Waals surface area contributed by atoms with Gasteiger partial charge in [-0.1, -0.05) is 12.2 Å². The second-order valence-corrected chi connectivity index (χ2v) is 5.16. The predicted octanol–water partition coefficient (Wildman–Crippen LogP) is 0.848. The van der Waals surface area contributed by atoms with Gasteiger partial charge < -0.3 is 15.8 Å². The highest BCUT2D eigenvalue weighted by molar-refractivity contribution is 7.80. The lowest BCUT2D eigenvalue weighted by Crippen LogP contribution is -2.42. The average Bonchev–Trinajstić information content (AvgIpc) is 2.40. The van der Waals surface area contributed by atoms with Crippen molar-refractivity contribution in [2.24, 2.45) is 5.73 Å². The fourth-order valence-electron chi connectivity index (χ4n) is 2.17. The number of ether oxygens (including phenoxy) is 1. The number of nitrogens with one attached hydrogen (secondary N) is 1. The summed E-state index contributed by atoms with van der Waals surface area (Å²) in [5.74, 6) is 0.760. The molecule has 1 aliphatic rings. The maximum atomic E-state index is 5.70. The van der Waals surface area contributed by atoms with Crippen molar-refractivity contribution in [1.82, 2.24) is 9.88 Å². The first-order chi connectivity index (χ1) is 9.16. The smallest absolute Gasteiger partial charge is 0.136 e. The molecule has 2 heterocycles. The van der Waals surface area contributed by atoms with Crippen LogP contribution in [0.4, 0.5) is 5.82 Å². The number of hydrogen-bond acceptors (Lipinski definition) is 5. The molecule has 19 heavy (non-hydrogen) atoms. The topological polar surface area (TPSA) is 63.4 Å². The van der Waals surface area contributed by atoms with Gasteiger partial charge in [-0.15, -0.1) is 0 Å². The Labute approximate surface area is 119 Å². The van der Waals surface area contributed by atoms with Crippen molar-refractivity contribution in [3.05, 3.63) is 23.9 Å². The summed E-state index contributed by atoms with van der Waals surface area (Å²) in [6.45, 7) is 6.68. The first kappa shape index (κ1) is 14.2. The normalized spacial score (nSPS) is 17.9. The SMILES string of the molecule is CC(CN1CCOCC1)Nc1ncccc1C(N)=S. The van der Waals surface area contributed by atoms with Crippen molar-refractivity contribution in [3.8, 4) is 0 Å². The van der Waals surface area contributed by atoms with Crippen LogP contribution in [0, 0.1) is 0 Å². The highest BCUT2D eigenvalue weighted by Gasteiger charge is 2.15. The van der Waals surface area contributed by atoms with Crippen molar-refractivity contribution in [2.45, 2.75) is 13.0 Å². The van der Waals surface area contributed by atoms with E-state index in [-0.39, 0.29) is 6.04 Å². The summed E-state index contributed by atoms with van der Waals surface area (Å²) < 4.78 is 5.34. The van der Waals surface area contributed by atoms with E-state index in [2.05, 4.69) is 22.1 Å². The van der Waals surface area contributed by atoms with Crippen LogP contribution in [0.3, 0.4) is 0 Å². The fourth-order valence-corrected chi connectivity index (χ4v) is 2.33. The molecule has 0 aromatic carbocycles. The number of pyridine rings is 1. The van der Waals surface area contributed by atoms with Crippen molar-refractivity contribution in [1.29, 1.82) is 0 Å². The van der Waals surface area contributed by atoms with Crippen LogP contribution in [0.15, 0.2) is 18.3 Å². The van der Waals surface area contributed by atoms with Gasteiger partial charge in [0.05, 0.1) is 18.8 Å². The summed E-state index contributed by atoms with van der Waals surface area (Å²) in [6, 6.07) is 4.01. The predicted molar refractivity (Wildman–Crippen MR) is 80.5 cm³/mol. The number of hydrogen-bond donors (Lipinski definition) is 2. The minimum Gasteiger partial charge on any atom is -0.389 e. The second-order valence-electron chi connectivity index (χ2n) is 4.72. The van der Waals surface area contributed by atoms with Gasteiger partial charge >= 0.3 is 0 Å². The summed E-state index contributed by atoms with van der Waals surface area (Å²) >= 11 is 5.03. The Morgan fingerprint density at radius 3 is 3.00 bits per heavy atom. The van der Waals surface area contributed by atoms with Crippen molar-refractivity contribution < 1.29 is 4.74 Å². The minimum atomic E-state index is 0.279. The number of aromatic nitrogens is 1. The van der Waals surface area contributed by atoms with Crippen LogP contribution in [0.25, 0.3) is 0 Å². The summed E-state index contributed by atoms with van der Waals surface area (Å²) in [6.07, 6.45) is 1.74. The molecular weight excluding hydrogens is 260 g/mol. The van der Waals surface area contributed by atoms with Crippen molar-refractivity contribution >= 4 is 23.0 Å². The van der Waals surface area contributed by atoms with E-state index >= 15 is 0 Å². The Balaban J connectivity index is 1.94. The zero-order valence-corrected chi connectivity index (χ0v) is 11.9. The van der Waals surface area contributed by atoms with Crippen molar-refractivity contribution in [2.75, 3.05) is 38.2 Å². The molecule has 0 aliphatic carbocycles. The van der Waals surface area contributed by atoms with Gasteiger partial charge in [-0.05, 0) is 19.1 Å². The van der Waals surface area contributed by atoms with Crippen LogP contribution in [-0.2, 0) is 4.74 Å². The number of morpholine rings is 1. The third kappa shape index (κ3) is 4.12. The largest absolute Gasteiger partial charge is 0.389 e. The van der Waals surface area contributed by atoms with Gasteiger partial charge in [0.25, 0.3) is 0 Å². The molecule has 1 fully saturated rings. The van der Waals surface area contributed by atoms with E-state index in [4.69, 9.17) is 22.7 Å². The van der Waals surface area contributed by atoms with E-state index in [9.17, 15) is 0 Å². The van der Waals surface area contributed by atoms with Gasteiger partial charge in [-0.25, -0.2) is 4.98 Å². The fraction of sp³-hybridized carbons (Fsp3) is 0.538. The monoisotopic (exact) mass is 280 g/mol. The lowest BCUT2D eigenvalue weighted by molar-refractivity contribution is 0.0368.